The summed E-state index contributed by atoms with van der Waals surface area (Å²) in [5, 5.41) is 11.0. The Balaban J connectivity index is 1.35. The number of imide groups is 1. The lowest BCUT2D eigenvalue weighted by Crippen LogP contribution is -2.43. The molecular weight excluding hydrogens is 464 g/mol. The second kappa shape index (κ2) is 8.43. The number of nitrogens with zero attached hydrogens (tertiary/aromatic N) is 2. The molecule has 3 aromatic carbocycles. The van der Waals surface area contributed by atoms with Gasteiger partial charge in [0.25, 0.3) is 0 Å². The number of hydrogen-bond acceptors (Lipinski definition) is 5. The average Bonchev–Trinajstić information content (AvgIpc) is 3.49. The Kier molecular flexibility index (Phi) is 5.40. The molecule has 3 saturated heterocycles. The smallest absolute Gasteiger partial charge is 0.240 e. The molecule has 3 aliphatic heterocycles. The van der Waals surface area contributed by atoms with Crippen molar-refractivity contribution in [3.63, 3.8) is 0 Å². The van der Waals surface area contributed by atoms with Gasteiger partial charge in [0.1, 0.15) is 5.75 Å². The van der Waals surface area contributed by atoms with Crippen LogP contribution in [0.25, 0.3) is 10.8 Å². The zero-order valence-electron chi connectivity index (χ0n) is 21.4. The molecule has 2 bridgehead atoms. The fourth-order valence-electron chi connectivity index (χ4n) is 7.07. The molecule has 6 nitrogen and oxygen atoms in total. The number of hydrogen-bond donors (Lipinski definition) is 0. The minimum atomic E-state index is -0.719. The Bertz CT molecular complexity index is 1470. The maximum Gasteiger partial charge on any atom is 0.240 e. The van der Waals surface area contributed by atoms with Crippen LogP contribution in [0.1, 0.15) is 49.3 Å². The van der Waals surface area contributed by atoms with Crippen LogP contribution in [0.15, 0.2) is 54.6 Å². The van der Waals surface area contributed by atoms with Gasteiger partial charge >= 0.3 is 0 Å². The fraction of sp³-hybridized carbons (Fsp3) is 0.387. The van der Waals surface area contributed by atoms with E-state index in [0.29, 0.717) is 30.7 Å². The van der Waals surface area contributed by atoms with Gasteiger partial charge in [0.15, 0.2) is 0 Å². The molecule has 0 N–H and O–H groups in total. The molecule has 0 aliphatic carbocycles. The van der Waals surface area contributed by atoms with E-state index in [2.05, 4.69) is 12.1 Å². The van der Waals surface area contributed by atoms with Crippen LogP contribution < -0.4 is 9.64 Å². The molecule has 2 amide bonds. The number of aryl methyl sites for hydroxylation is 2. The molecule has 4 atom stereocenters. The van der Waals surface area contributed by atoms with Crippen LogP contribution in [-0.4, -0.2) is 29.6 Å². The summed E-state index contributed by atoms with van der Waals surface area (Å²) in [6, 6.07) is 19.2. The fourth-order valence-corrected chi connectivity index (χ4v) is 7.07. The highest BCUT2D eigenvalue weighted by Crippen LogP contribution is 2.63. The summed E-state index contributed by atoms with van der Waals surface area (Å²) in [7, 11) is 0. The van der Waals surface area contributed by atoms with E-state index in [1.54, 1.807) is 12.1 Å². The number of anilines is 1. The van der Waals surface area contributed by atoms with Crippen molar-refractivity contribution in [1.29, 1.82) is 5.26 Å². The SMILES string of the molecule is CC[C@@]12CC[C@@](CCOc3cc(C)cc(C)c3)(O1)[C@H]1C(=O)N(c3ccc(C#N)c4ccccc34)C(=O)[C@H]12. The van der Waals surface area contributed by atoms with E-state index in [1.165, 1.54) is 4.90 Å². The first kappa shape index (κ1) is 23.7. The zero-order chi connectivity index (χ0) is 25.9. The van der Waals surface area contributed by atoms with E-state index in [-0.39, 0.29) is 11.8 Å². The van der Waals surface area contributed by atoms with E-state index in [4.69, 9.17) is 9.47 Å². The van der Waals surface area contributed by atoms with E-state index >= 15 is 0 Å². The number of carbonyl (C=O) groups excluding carboxylic acids is 2. The summed E-state index contributed by atoms with van der Waals surface area (Å²) in [4.78, 5) is 29.5. The zero-order valence-corrected chi connectivity index (χ0v) is 21.4. The van der Waals surface area contributed by atoms with Gasteiger partial charge in [-0.1, -0.05) is 37.3 Å². The van der Waals surface area contributed by atoms with Gasteiger partial charge in [-0.2, -0.15) is 5.26 Å². The average molecular weight is 495 g/mol. The summed E-state index contributed by atoms with van der Waals surface area (Å²) in [6.07, 6.45) is 2.72. The minimum Gasteiger partial charge on any atom is -0.493 e. The summed E-state index contributed by atoms with van der Waals surface area (Å²) in [6.45, 7) is 6.54. The number of rotatable bonds is 6. The van der Waals surface area contributed by atoms with Gasteiger partial charge < -0.3 is 9.47 Å². The van der Waals surface area contributed by atoms with Crippen LogP contribution in [0.5, 0.6) is 5.75 Å². The number of benzene rings is 3. The molecule has 0 saturated carbocycles. The predicted molar refractivity (Wildman–Crippen MR) is 140 cm³/mol. The predicted octanol–water partition coefficient (Wildman–Crippen LogP) is 5.61. The Labute approximate surface area is 216 Å². The largest absolute Gasteiger partial charge is 0.493 e. The number of amides is 2. The molecular formula is C31H30N2O4. The normalized spacial score (nSPS) is 28.1. The second-order valence-electron chi connectivity index (χ2n) is 10.8. The highest BCUT2D eigenvalue weighted by Gasteiger charge is 2.74. The van der Waals surface area contributed by atoms with Crippen LogP contribution in [0.4, 0.5) is 5.69 Å². The van der Waals surface area contributed by atoms with E-state index in [9.17, 15) is 14.9 Å². The summed E-state index contributed by atoms with van der Waals surface area (Å²) in [5.41, 5.74) is 1.99. The van der Waals surface area contributed by atoms with Crippen LogP contribution in [0.3, 0.4) is 0 Å². The molecule has 0 unspecified atom stereocenters. The summed E-state index contributed by atoms with van der Waals surface area (Å²) < 4.78 is 12.8. The third kappa shape index (κ3) is 3.41. The lowest BCUT2D eigenvalue weighted by molar-refractivity contribution is -0.132. The number of ether oxygens (including phenoxy) is 2. The molecule has 188 valence electrons. The number of carbonyl (C=O) groups is 2. The second-order valence-corrected chi connectivity index (χ2v) is 10.8. The molecule has 3 fully saturated rings. The van der Waals surface area contributed by atoms with Crippen LogP contribution in [0.2, 0.25) is 0 Å². The molecule has 3 aromatic rings. The molecule has 3 aliphatic rings. The first-order valence-corrected chi connectivity index (χ1v) is 13.0. The molecule has 37 heavy (non-hydrogen) atoms. The Morgan fingerprint density at radius 2 is 1.62 bits per heavy atom. The first-order valence-electron chi connectivity index (χ1n) is 13.0. The highest BCUT2D eigenvalue weighted by molar-refractivity contribution is 6.26. The molecule has 6 heteroatoms. The lowest BCUT2D eigenvalue weighted by atomic mass is 9.66. The topological polar surface area (TPSA) is 79.6 Å². The van der Waals surface area contributed by atoms with Crippen LogP contribution in [-0.2, 0) is 14.3 Å². The molecule has 0 aromatic heterocycles. The third-order valence-corrected chi connectivity index (χ3v) is 8.67. The van der Waals surface area contributed by atoms with Crippen LogP contribution in [0, 0.1) is 37.0 Å². The quantitative estimate of drug-likeness (QED) is 0.416. The Morgan fingerprint density at radius 3 is 2.30 bits per heavy atom. The van der Waals surface area contributed by atoms with Gasteiger partial charge in [-0.15, -0.1) is 0 Å². The summed E-state index contributed by atoms with van der Waals surface area (Å²) >= 11 is 0. The van der Waals surface area contributed by atoms with Crippen molar-refractivity contribution in [1.82, 2.24) is 0 Å². The van der Waals surface area contributed by atoms with Crippen molar-refractivity contribution >= 4 is 28.3 Å². The van der Waals surface area contributed by atoms with Crippen molar-refractivity contribution in [2.24, 2.45) is 11.8 Å². The van der Waals surface area contributed by atoms with Crippen molar-refractivity contribution < 1.29 is 19.1 Å². The molecule has 3 heterocycles. The number of nitriles is 1. The third-order valence-electron chi connectivity index (χ3n) is 8.67. The summed E-state index contributed by atoms with van der Waals surface area (Å²) in [5.74, 6) is -0.627. The van der Waals surface area contributed by atoms with E-state index in [0.717, 1.165) is 40.5 Å². The van der Waals surface area contributed by atoms with Crippen molar-refractivity contribution in [2.45, 2.75) is 57.7 Å². The monoisotopic (exact) mass is 494 g/mol. The van der Waals surface area contributed by atoms with E-state index in [1.807, 2.05) is 57.2 Å². The highest BCUT2D eigenvalue weighted by atomic mass is 16.5. The van der Waals surface area contributed by atoms with Crippen molar-refractivity contribution in [3.8, 4) is 11.8 Å². The first-order chi connectivity index (χ1) is 17.8. The van der Waals surface area contributed by atoms with E-state index < -0.39 is 23.0 Å². The number of fused-ring (bicyclic) bond motifs is 6. The lowest BCUT2D eigenvalue weighted by Gasteiger charge is -2.31. The standard InChI is InChI=1S/C31H30N2O4/c1-4-30-11-12-31(37-30,13-14-36-22-16-19(2)15-20(3)17-22)27-26(30)28(34)33(29(27)35)25-10-9-21(18-32)23-7-5-6-8-24(23)25/h5-10,15-17,26-27H,4,11-14H2,1-3H3/t26-,27+,30-,31-/m0/s1. The molecule has 0 radical (unpaired) electrons. The molecule has 0 spiro atoms. The van der Waals surface area contributed by atoms with Gasteiger partial charge in [-0.3, -0.25) is 9.59 Å². The van der Waals surface area contributed by atoms with Gasteiger partial charge in [0.05, 0.1) is 47.0 Å². The Morgan fingerprint density at radius 1 is 0.973 bits per heavy atom. The minimum absolute atomic E-state index is 0.191. The van der Waals surface area contributed by atoms with Gasteiger partial charge in [-0.25, -0.2) is 4.90 Å². The maximum atomic E-state index is 14.1. The van der Waals surface area contributed by atoms with Crippen LogP contribution >= 0.6 is 0 Å². The van der Waals surface area contributed by atoms with Gasteiger partial charge in [0, 0.05) is 17.2 Å². The maximum absolute atomic E-state index is 14.1. The van der Waals surface area contributed by atoms with Crippen molar-refractivity contribution in [3.05, 3.63) is 71.3 Å². The Hall–Kier alpha value is -3.69. The van der Waals surface area contributed by atoms with Gasteiger partial charge in [0.2, 0.25) is 11.8 Å². The van der Waals surface area contributed by atoms with Crippen molar-refractivity contribution in [2.75, 3.05) is 11.5 Å². The molecule has 6 rings (SSSR count). The van der Waals surface area contributed by atoms with Gasteiger partial charge in [-0.05, 0) is 68.5 Å².